The largest absolute Gasteiger partial charge is 0.271 e. The summed E-state index contributed by atoms with van der Waals surface area (Å²) >= 11 is 0. The van der Waals surface area contributed by atoms with Crippen LogP contribution in [0.25, 0.3) is 0 Å². The fourth-order valence-electron chi connectivity index (χ4n) is 2.78. The lowest BCUT2D eigenvalue weighted by atomic mass is 9.93. The van der Waals surface area contributed by atoms with E-state index in [1.54, 1.807) is 0 Å². The minimum Gasteiger partial charge on any atom is -0.271 e. The molecule has 6 heteroatoms. The van der Waals surface area contributed by atoms with Crippen LogP contribution in [0.2, 0.25) is 0 Å². The summed E-state index contributed by atoms with van der Waals surface area (Å²) in [7, 11) is 0. The Balaban J connectivity index is 2.10. The molecule has 2 atom stereocenters. The third kappa shape index (κ3) is 3.45. The van der Waals surface area contributed by atoms with Gasteiger partial charge in [0.1, 0.15) is 0 Å². The van der Waals surface area contributed by atoms with E-state index < -0.39 is 5.92 Å². The maximum atomic E-state index is 13.2. The summed E-state index contributed by atoms with van der Waals surface area (Å²) < 4.78 is 26.4. The molecule has 0 saturated heterocycles. The normalized spacial score (nSPS) is 23.5. The Bertz CT molecular complexity index is 450. The Morgan fingerprint density at radius 1 is 1.47 bits per heavy atom. The van der Waals surface area contributed by atoms with Crippen LogP contribution >= 0.6 is 0 Å². The van der Waals surface area contributed by atoms with Crippen LogP contribution < -0.4 is 11.3 Å². The summed E-state index contributed by atoms with van der Waals surface area (Å²) in [5.74, 6) is 3.08. The van der Waals surface area contributed by atoms with E-state index in [0.29, 0.717) is 12.8 Å². The number of alkyl halides is 2. The third-order valence-corrected chi connectivity index (χ3v) is 3.79. The molecule has 1 saturated carbocycles. The molecule has 1 aromatic rings. The quantitative estimate of drug-likeness (QED) is 0.651. The highest BCUT2D eigenvalue weighted by Gasteiger charge is 2.40. The van der Waals surface area contributed by atoms with E-state index in [-0.39, 0.29) is 24.8 Å². The second-order valence-corrected chi connectivity index (χ2v) is 5.45. The molecular formula is C13H20F2N4. The van der Waals surface area contributed by atoms with E-state index in [2.05, 4.69) is 15.6 Å². The maximum absolute atomic E-state index is 13.2. The molecule has 1 aliphatic rings. The lowest BCUT2D eigenvalue weighted by Crippen LogP contribution is -2.30. The van der Waals surface area contributed by atoms with Crippen molar-refractivity contribution in [2.75, 3.05) is 0 Å². The Hall–Kier alpha value is -1.14. The number of hydrogen-bond acceptors (Lipinski definition) is 4. The van der Waals surface area contributed by atoms with Crippen LogP contribution in [0.3, 0.4) is 0 Å². The van der Waals surface area contributed by atoms with E-state index in [1.165, 1.54) is 0 Å². The lowest BCUT2D eigenvalue weighted by Gasteiger charge is -2.21. The van der Waals surface area contributed by atoms with Crippen molar-refractivity contribution < 1.29 is 8.78 Å². The van der Waals surface area contributed by atoms with E-state index in [4.69, 9.17) is 5.84 Å². The number of aromatic nitrogens is 2. The molecule has 0 spiro atoms. The van der Waals surface area contributed by atoms with Crippen molar-refractivity contribution in [2.24, 2.45) is 11.8 Å². The van der Waals surface area contributed by atoms with Crippen molar-refractivity contribution in [3.8, 4) is 0 Å². The van der Waals surface area contributed by atoms with Crippen LogP contribution in [0.4, 0.5) is 8.78 Å². The summed E-state index contributed by atoms with van der Waals surface area (Å²) in [5, 5.41) is 8.03. The minimum atomic E-state index is -2.51. The summed E-state index contributed by atoms with van der Waals surface area (Å²) in [6, 6.07) is 1.77. The molecule has 19 heavy (non-hydrogen) atoms. The molecule has 106 valence electrons. The molecule has 3 N–H and O–H groups in total. The second-order valence-electron chi connectivity index (χ2n) is 5.45. The van der Waals surface area contributed by atoms with Crippen molar-refractivity contribution in [1.82, 2.24) is 15.6 Å². The molecule has 1 aliphatic carbocycles. The van der Waals surface area contributed by atoms with Crippen molar-refractivity contribution in [2.45, 2.75) is 51.5 Å². The molecule has 0 radical (unpaired) electrons. The van der Waals surface area contributed by atoms with E-state index in [0.717, 1.165) is 17.0 Å². The van der Waals surface area contributed by atoms with Gasteiger partial charge in [0.05, 0.1) is 11.4 Å². The Labute approximate surface area is 111 Å². The fourth-order valence-corrected chi connectivity index (χ4v) is 2.78. The van der Waals surface area contributed by atoms with E-state index in [1.807, 2.05) is 19.9 Å². The molecule has 0 aromatic carbocycles. The van der Waals surface area contributed by atoms with Gasteiger partial charge in [-0.25, -0.2) is 8.78 Å². The fraction of sp³-hybridized carbons (Fsp3) is 0.692. The predicted molar refractivity (Wildman–Crippen MR) is 68.5 cm³/mol. The molecule has 0 aliphatic heterocycles. The van der Waals surface area contributed by atoms with Crippen molar-refractivity contribution >= 4 is 0 Å². The van der Waals surface area contributed by atoms with Crippen LogP contribution in [0, 0.1) is 19.8 Å². The topological polar surface area (TPSA) is 63.8 Å². The van der Waals surface area contributed by atoms with Crippen LogP contribution in [0.1, 0.15) is 48.7 Å². The number of nitrogens with zero attached hydrogens (tertiary/aromatic N) is 2. The smallest absolute Gasteiger partial charge is 0.248 e. The SMILES string of the molecule is Cc1cc(C(CC2CCC(F)(F)C2)NN)c(C)nn1. The van der Waals surface area contributed by atoms with Gasteiger partial charge in [0, 0.05) is 18.9 Å². The first-order valence-electron chi connectivity index (χ1n) is 6.56. The summed E-state index contributed by atoms with van der Waals surface area (Å²) in [6.45, 7) is 3.71. The number of hydrazine groups is 1. The highest BCUT2D eigenvalue weighted by Crippen LogP contribution is 2.42. The number of aryl methyl sites for hydroxylation is 2. The molecule has 1 heterocycles. The summed E-state index contributed by atoms with van der Waals surface area (Å²) in [4.78, 5) is 0. The monoisotopic (exact) mass is 270 g/mol. The van der Waals surface area contributed by atoms with Crippen LogP contribution in [0.5, 0.6) is 0 Å². The molecule has 0 amide bonds. The number of nitrogens with two attached hydrogens (primary N) is 1. The highest BCUT2D eigenvalue weighted by atomic mass is 19.3. The average Bonchev–Trinajstić information content (AvgIpc) is 2.69. The van der Waals surface area contributed by atoms with E-state index >= 15 is 0 Å². The Kier molecular flexibility index (Phi) is 4.10. The van der Waals surface area contributed by atoms with Gasteiger partial charge in [-0.15, -0.1) is 0 Å². The molecule has 2 unspecified atom stereocenters. The molecular weight excluding hydrogens is 250 g/mol. The summed E-state index contributed by atoms with van der Waals surface area (Å²) in [6.07, 6.45) is 1.11. The van der Waals surface area contributed by atoms with Gasteiger partial charge in [-0.05, 0) is 44.2 Å². The van der Waals surface area contributed by atoms with Crippen molar-refractivity contribution in [1.29, 1.82) is 0 Å². The number of rotatable bonds is 4. The zero-order chi connectivity index (χ0) is 14.0. The second kappa shape index (κ2) is 5.46. The Morgan fingerprint density at radius 2 is 2.21 bits per heavy atom. The van der Waals surface area contributed by atoms with Gasteiger partial charge < -0.3 is 0 Å². The van der Waals surface area contributed by atoms with Crippen LogP contribution in [-0.2, 0) is 0 Å². The molecule has 1 aromatic heterocycles. The zero-order valence-electron chi connectivity index (χ0n) is 11.3. The number of hydrogen-bond donors (Lipinski definition) is 2. The van der Waals surface area contributed by atoms with Gasteiger partial charge in [0.25, 0.3) is 0 Å². The first-order chi connectivity index (χ1) is 8.91. The van der Waals surface area contributed by atoms with Gasteiger partial charge in [-0.2, -0.15) is 10.2 Å². The standard InChI is InChI=1S/C13H20F2N4/c1-8-5-11(9(2)19-18-8)12(17-16)6-10-3-4-13(14,15)7-10/h5,10,12,17H,3-4,6-7,16H2,1-2H3. The molecule has 4 nitrogen and oxygen atoms in total. The van der Waals surface area contributed by atoms with Gasteiger partial charge >= 0.3 is 0 Å². The highest BCUT2D eigenvalue weighted by molar-refractivity contribution is 5.23. The van der Waals surface area contributed by atoms with Crippen molar-refractivity contribution in [3.05, 3.63) is 23.0 Å². The van der Waals surface area contributed by atoms with Gasteiger partial charge in [0.2, 0.25) is 5.92 Å². The zero-order valence-corrected chi connectivity index (χ0v) is 11.3. The number of nitrogens with one attached hydrogen (secondary N) is 1. The van der Waals surface area contributed by atoms with Crippen LogP contribution in [-0.4, -0.2) is 16.1 Å². The number of halogens is 2. The third-order valence-electron chi connectivity index (χ3n) is 3.79. The first kappa shape index (κ1) is 14.3. The van der Waals surface area contributed by atoms with Gasteiger partial charge in [0.15, 0.2) is 0 Å². The summed E-state index contributed by atoms with van der Waals surface area (Å²) in [5.41, 5.74) is 5.27. The predicted octanol–water partition coefficient (Wildman–Crippen LogP) is 2.42. The molecule has 1 fully saturated rings. The van der Waals surface area contributed by atoms with Gasteiger partial charge in [-0.3, -0.25) is 11.3 Å². The lowest BCUT2D eigenvalue weighted by molar-refractivity contribution is 0.00430. The maximum Gasteiger partial charge on any atom is 0.248 e. The van der Waals surface area contributed by atoms with Crippen molar-refractivity contribution in [3.63, 3.8) is 0 Å². The first-order valence-corrected chi connectivity index (χ1v) is 6.56. The average molecular weight is 270 g/mol. The minimum absolute atomic E-state index is 0.00363. The Morgan fingerprint density at radius 3 is 2.79 bits per heavy atom. The molecule has 2 rings (SSSR count). The van der Waals surface area contributed by atoms with E-state index in [9.17, 15) is 8.78 Å². The van der Waals surface area contributed by atoms with Gasteiger partial charge in [-0.1, -0.05) is 0 Å². The van der Waals surface area contributed by atoms with Crippen LogP contribution in [0.15, 0.2) is 6.07 Å². The molecule has 0 bridgehead atoms.